The largest absolute Gasteiger partial charge is 0.469 e. The number of methoxy groups -OCH3 is 1. The molecule has 0 amide bonds. The fourth-order valence-electron chi connectivity index (χ4n) is 2.78. The monoisotopic (exact) mass is 169 g/mol. The van der Waals surface area contributed by atoms with E-state index >= 15 is 0 Å². The van der Waals surface area contributed by atoms with Gasteiger partial charge in [0.1, 0.15) is 0 Å². The lowest BCUT2D eigenvalue weighted by atomic mass is 9.61. The molecule has 12 heavy (non-hydrogen) atoms. The van der Waals surface area contributed by atoms with E-state index in [4.69, 9.17) is 10.5 Å². The van der Waals surface area contributed by atoms with Crippen LogP contribution in [-0.4, -0.2) is 19.1 Å². The first-order chi connectivity index (χ1) is 5.70. The molecule has 0 unspecified atom stereocenters. The molecule has 0 aromatic heterocycles. The first-order valence-electron chi connectivity index (χ1n) is 4.55. The van der Waals surface area contributed by atoms with E-state index in [0.29, 0.717) is 5.92 Å². The van der Waals surface area contributed by atoms with Gasteiger partial charge in [-0.15, -0.1) is 0 Å². The van der Waals surface area contributed by atoms with Crippen LogP contribution in [0.15, 0.2) is 0 Å². The molecule has 0 heterocycles. The molecular weight excluding hydrogens is 154 g/mol. The standard InChI is InChI=1S/C9H15NO2/c1-12-8(11)9-4-2-6(9)7(10)3-5-9/h6-7H,2-5,10H2,1H3/t6-,7+,9-/m0/s1. The number of ether oxygens (including phenoxy) is 1. The lowest BCUT2D eigenvalue weighted by Gasteiger charge is -2.43. The number of hydrogen-bond donors (Lipinski definition) is 1. The second-order valence-electron chi connectivity index (χ2n) is 4.00. The molecule has 0 spiro atoms. The van der Waals surface area contributed by atoms with Gasteiger partial charge >= 0.3 is 5.97 Å². The molecule has 3 nitrogen and oxygen atoms in total. The smallest absolute Gasteiger partial charge is 0.312 e. The Bertz CT molecular complexity index is 217. The highest BCUT2D eigenvalue weighted by Crippen LogP contribution is 2.57. The van der Waals surface area contributed by atoms with Crippen molar-refractivity contribution in [3.05, 3.63) is 0 Å². The minimum Gasteiger partial charge on any atom is -0.469 e. The summed E-state index contributed by atoms with van der Waals surface area (Å²) < 4.78 is 4.81. The number of hydrogen-bond acceptors (Lipinski definition) is 3. The molecule has 0 bridgehead atoms. The molecular formula is C9H15NO2. The van der Waals surface area contributed by atoms with Crippen LogP contribution in [0, 0.1) is 11.3 Å². The molecule has 3 atom stereocenters. The van der Waals surface area contributed by atoms with E-state index in [2.05, 4.69) is 0 Å². The molecule has 2 aliphatic carbocycles. The van der Waals surface area contributed by atoms with Crippen molar-refractivity contribution in [3.63, 3.8) is 0 Å². The van der Waals surface area contributed by atoms with Gasteiger partial charge in [-0.2, -0.15) is 0 Å². The van der Waals surface area contributed by atoms with Crippen LogP contribution in [-0.2, 0) is 9.53 Å². The quantitative estimate of drug-likeness (QED) is 0.587. The number of rotatable bonds is 1. The van der Waals surface area contributed by atoms with Crippen molar-refractivity contribution in [2.24, 2.45) is 17.1 Å². The van der Waals surface area contributed by atoms with Gasteiger partial charge in [0.25, 0.3) is 0 Å². The third kappa shape index (κ3) is 0.774. The van der Waals surface area contributed by atoms with E-state index in [1.165, 1.54) is 7.11 Å². The Labute approximate surface area is 72.3 Å². The Hall–Kier alpha value is -0.570. The lowest BCUT2D eigenvalue weighted by molar-refractivity contribution is -0.162. The zero-order valence-corrected chi connectivity index (χ0v) is 7.38. The van der Waals surface area contributed by atoms with Gasteiger partial charge in [0.15, 0.2) is 0 Å². The van der Waals surface area contributed by atoms with Crippen molar-refractivity contribution in [2.75, 3.05) is 7.11 Å². The second-order valence-corrected chi connectivity index (χ2v) is 4.00. The van der Waals surface area contributed by atoms with E-state index in [1.807, 2.05) is 0 Å². The molecule has 0 radical (unpaired) electrons. The molecule has 2 aliphatic rings. The summed E-state index contributed by atoms with van der Waals surface area (Å²) in [5.41, 5.74) is 5.72. The van der Waals surface area contributed by atoms with Crippen LogP contribution in [0.25, 0.3) is 0 Å². The summed E-state index contributed by atoms with van der Waals surface area (Å²) in [6.07, 6.45) is 4.01. The molecule has 0 aromatic carbocycles. The SMILES string of the molecule is COC(=O)[C@@]12CC[C@@H](N)[C@@H]1CC2. The van der Waals surface area contributed by atoms with Crippen molar-refractivity contribution in [3.8, 4) is 0 Å². The van der Waals surface area contributed by atoms with E-state index < -0.39 is 0 Å². The van der Waals surface area contributed by atoms with E-state index in [-0.39, 0.29) is 17.4 Å². The van der Waals surface area contributed by atoms with E-state index in [1.54, 1.807) is 0 Å². The highest BCUT2D eigenvalue weighted by atomic mass is 16.5. The third-order valence-corrected chi connectivity index (χ3v) is 3.64. The summed E-state index contributed by atoms with van der Waals surface area (Å²) >= 11 is 0. The van der Waals surface area contributed by atoms with Crippen molar-refractivity contribution < 1.29 is 9.53 Å². The Morgan fingerprint density at radius 1 is 1.50 bits per heavy atom. The molecule has 0 saturated heterocycles. The topological polar surface area (TPSA) is 52.3 Å². The van der Waals surface area contributed by atoms with Gasteiger partial charge in [-0.3, -0.25) is 4.79 Å². The summed E-state index contributed by atoms with van der Waals surface area (Å²) in [6, 6.07) is 0.234. The molecule has 0 aliphatic heterocycles. The molecule has 3 heteroatoms. The van der Waals surface area contributed by atoms with Crippen molar-refractivity contribution in [1.29, 1.82) is 0 Å². The van der Waals surface area contributed by atoms with Crippen LogP contribution in [0.1, 0.15) is 25.7 Å². The maximum atomic E-state index is 11.5. The first-order valence-corrected chi connectivity index (χ1v) is 4.55. The van der Waals surface area contributed by atoms with Gasteiger partial charge in [-0.25, -0.2) is 0 Å². The maximum Gasteiger partial charge on any atom is 0.312 e. The average Bonchev–Trinajstić information content (AvgIpc) is 2.22. The molecule has 2 rings (SSSR count). The number of carbonyl (C=O) groups excluding carboxylic acids is 1. The Kier molecular flexibility index (Phi) is 1.65. The van der Waals surface area contributed by atoms with Gasteiger partial charge in [0.2, 0.25) is 0 Å². The van der Waals surface area contributed by atoms with Crippen LogP contribution < -0.4 is 5.73 Å². The minimum atomic E-state index is -0.172. The summed E-state index contributed by atoms with van der Waals surface area (Å²) in [7, 11) is 1.47. The van der Waals surface area contributed by atoms with Gasteiger partial charge in [0.05, 0.1) is 12.5 Å². The van der Waals surface area contributed by atoms with Crippen LogP contribution in [0.5, 0.6) is 0 Å². The highest BCUT2D eigenvalue weighted by molar-refractivity contribution is 5.79. The van der Waals surface area contributed by atoms with Crippen LogP contribution >= 0.6 is 0 Å². The maximum absolute atomic E-state index is 11.5. The second kappa shape index (κ2) is 2.46. The Balaban J connectivity index is 2.17. The fraction of sp³-hybridized carbons (Fsp3) is 0.889. The van der Waals surface area contributed by atoms with Crippen LogP contribution in [0.4, 0.5) is 0 Å². The molecule has 0 aromatic rings. The van der Waals surface area contributed by atoms with Crippen LogP contribution in [0.3, 0.4) is 0 Å². The third-order valence-electron chi connectivity index (χ3n) is 3.64. The summed E-state index contributed by atoms with van der Waals surface area (Å²) in [4.78, 5) is 11.5. The zero-order chi connectivity index (χ0) is 8.77. The average molecular weight is 169 g/mol. The normalized spacial score (nSPS) is 44.8. The molecule has 2 N–H and O–H groups in total. The highest BCUT2D eigenvalue weighted by Gasteiger charge is 2.59. The van der Waals surface area contributed by atoms with Gasteiger partial charge < -0.3 is 10.5 Å². The zero-order valence-electron chi connectivity index (χ0n) is 7.38. The molecule has 68 valence electrons. The number of nitrogens with two attached hydrogens (primary N) is 1. The van der Waals surface area contributed by atoms with Crippen molar-refractivity contribution >= 4 is 5.97 Å². The Morgan fingerprint density at radius 3 is 2.58 bits per heavy atom. The number of carbonyl (C=O) groups is 1. The van der Waals surface area contributed by atoms with E-state index in [9.17, 15) is 4.79 Å². The van der Waals surface area contributed by atoms with Gasteiger partial charge in [-0.05, 0) is 31.6 Å². The first kappa shape index (κ1) is 8.05. The van der Waals surface area contributed by atoms with Gasteiger partial charge in [0, 0.05) is 6.04 Å². The van der Waals surface area contributed by atoms with Crippen molar-refractivity contribution in [2.45, 2.75) is 31.7 Å². The molecule has 2 fully saturated rings. The predicted molar refractivity (Wildman–Crippen MR) is 44.4 cm³/mol. The predicted octanol–water partition coefficient (Wildman–Crippen LogP) is 0.677. The minimum absolute atomic E-state index is 0.0355. The summed E-state index contributed by atoms with van der Waals surface area (Å²) in [5, 5.41) is 0. The lowest BCUT2D eigenvalue weighted by Crippen LogP contribution is -2.48. The Morgan fingerprint density at radius 2 is 2.17 bits per heavy atom. The summed E-state index contributed by atoms with van der Waals surface area (Å²) in [5.74, 6) is 0.372. The molecule has 2 saturated carbocycles. The van der Waals surface area contributed by atoms with Crippen LogP contribution in [0.2, 0.25) is 0 Å². The summed E-state index contributed by atoms with van der Waals surface area (Å²) in [6.45, 7) is 0. The van der Waals surface area contributed by atoms with Gasteiger partial charge in [-0.1, -0.05) is 0 Å². The van der Waals surface area contributed by atoms with E-state index in [0.717, 1.165) is 25.7 Å². The number of esters is 1. The van der Waals surface area contributed by atoms with Crippen molar-refractivity contribution in [1.82, 2.24) is 0 Å². The fourth-order valence-corrected chi connectivity index (χ4v) is 2.78. The number of fused-ring (bicyclic) bond motifs is 1.